The van der Waals surface area contributed by atoms with Crippen molar-refractivity contribution in [2.45, 2.75) is 53.1 Å². The SMILES string of the molecule is CC(C)(C)Cn1c(CN2CCC3(CC2)CC(=O)N(CCO)C3=O)cc2cnc(N)nc21. The van der Waals surface area contributed by atoms with E-state index in [1.807, 2.05) is 0 Å². The summed E-state index contributed by atoms with van der Waals surface area (Å²) in [5.41, 5.74) is 7.32. The second-order valence-corrected chi connectivity index (χ2v) is 10.1. The average molecular weight is 429 g/mol. The first kappa shape index (κ1) is 21.7. The lowest BCUT2D eigenvalue weighted by Crippen LogP contribution is -2.45. The first-order valence-electron chi connectivity index (χ1n) is 10.9. The van der Waals surface area contributed by atoms with E-state index >= 15 is 0 Å². The topological polar surface area (TPSA) is 118 Å². The summed E-state index contributed by atoms with van der Waals surface area (Å²) >= 11 is 0. The molecular formula is C22H32N6O3. The predicted molar refractivity (Wildman–Crippen MR) is 117 cm³/mol. The second-order valence-electron chi connectivity index (χ2n) is 10.1. The van der Waals surface area contributed by atoms with Gasteiger partial charge < -0.3 is 15.4 Å². The Morgan fingerprint density at radius 1 is 1.23 bits per heavy atom. The van der Waals surface area contributed by atoms with Crippen LogP contribution in [0.1, 0.15) is 45.7 Å². The molecule has 0 unspecified atom stereocenters. The highest BCUT2D eigenvalue weighted by molar-refractivity contribution is 6.06. The van der Waals surface area contributed by atoms with Crippen molar-refractivity contribution in [3.8, 4) is 0 Å². The average Bonchev–Trinajstić information content (AvgIpc) is 3.12. The van der Waals surface area contributed by atoms with E-state index in [9.17, 15) is 9.59 Å². The number of hydrogen-bond donors (Lipinski definition) is 2. The first-order chi connectivity index (χ1) is 14.6. The molecule has 4 rings (SSSR count). The van der Waals surface area contributed by atoms with E-state index in [0.29, 0.717) is 12.8 Å². The molecule has 2 saturated heterocycles. The maximum absolute atomic E-state index is 12.9. The first-order valence-corrected chi connectivity index (χ1v) is 10.9. The molecule has 168 valence electrons. The van der Waals surface area contributed by atoms with Crippen molar-refractivity contribution in [3.63, 3.8) is 0 Å². The molecule has 2 aromatic heterocycles. The van der Waals surface area contributed by atoms with Crippen molar-refractivity contribution in [2.24, 2.45) is 10.8 Å². The Hall–Kier alpha value is -2.52. The Morgan fingerprint density at radius 3 is 2.58 bits per heavy atom. The van der Waals surface area contributed by atoms with Crippen molar-refractivity contribution in [2.75, 3.05) is 32.0 Å². The number of piperidine rings is 1. The number of fused-ring (bicyclic) bond motifs is 1. The van der Waals surface area contributed by atoms with Gasteiger partial charge in [0.1, 0.15) is 5.65 Å². The minimum Gasteiger partial charge on any atom is -0.395 e. The van der Waals surface area contributed by atoms with Crippen molar-refractivity contribution in [1.29, 1.82) is 0 Å². The smallest absolute Gasteiger partial charge is 0.236 e. The van der Waals surface area contributed by atoms with Crippen LogP contribution in [0.2, 0.25) is 0 Å². The van der Waals surface area contributed by atoms with E-state index in [-0.39, 0.29) is 42.8 Å². The van der Waals surface area contributed by atoms with Gasteiger partial charge in [0.15, 0.2) is 0 Å². The fourth-order valence-corrected chi connectivity index (χ4v) is 4.83. The normalized spacial score (nSPS) is 19.8. The van der Waals surface area contributed by atoms with Gasteiger partial charge in [-0.1, -0.05) is 20.8 Å². The number of amides is 2. The minimum atomic E-state index is -0.596. The van der Waals surface area contributed by atoms with Crippen LogP contribution in [0.15, 0.2) is 12.3 Å². The van der Waals surface area contributed by atoms with Crippen LogP contribution in [0.3, 0.4) is 0 Å². The standard InChI is InChI=1S/C22H32N6O3/c1-21(2,3)14-28-16(10-15-12-24-20(23)25-18(15)28)13-26-6-4-22(5-7-26)11-17(30)27(8-9-29)19(22)31/h10,12,29H,4-9,11,13-14H2,1-3H3,(H2,23,24,25). The third-order valence-corrected chi connectivity index (χ3v) is 6.38. The largest absolute Gasteiger partial charge is 0.395 e. The summed E-state index contributed by atoms with van der Waals surface area (Å²) in [5.74, 6) is -0.00293. The molecule has 3 N–H and O–H groups in total. The zero-order chi connectivity index (χ0) is 22.4. The number of aromatic nitrogens is 3. The molecule has 9 heteroatoms. The molecular weight excluding hydrogens is 396 g/mol. The molecule has 9 nitrogen and oxygen atoms in total. The number of β-amino-alcohol motifs (C(OH)–C–C–N with tert-alkyl or cyclic N) is 1. The fraction of sp³-hybridized carbons (Fsp3) is 0.636. The second kappa shape index (κ2) is 7.87. The molecule has 4 heterocycles. The van der Waals surface area contributed by atoms with Crippen molar-refractivity contribution in [1.82, 2.24) is 24.3 Å². The fourth-order valence-electron chi connectivity index (χ4n) is 4.83. The lowest BCUT2D eigenvalue weighted by Gasteiger charge is -2.37. The van der Waals surface area contributed by atoms with Crippen molar-refractivity contribution >= 4 is 28.8 Å². The van der Waals surface area contributed by atoms with Crippen LogP contribution in [-0.2, 0) is 22.7 Å². The van der Waals surface area contributed by atoms with Crippen molar-refractivity contribution in [3.05, 3.63) is 18.0 Å². The Kier molecular flexibility index (Phi) is 5.51. The summed E-state index contributed by atoms with van der Waals surface area (Å²) in [4.78, 5) is 37.3. The maximum atomic E-state index is 12.9. The zero-order valence-corrected chi connectivity index (χ0v) is 18.6. The van der Waals surface area contributed by atoms with E-state index in [0.717, 1.165) is 42.9 Å². The maximum Gasteiger partial charge on any atom is 0.236 e. The Bertz CT molecular complexity index is 1000. The lowest BCUT2D eigenvalue weighted by atomic mass is 9.77. The highest BCUT2D eigenvalue weighted by Gasteiger charge is 2.52. The molecule has 2 aromatic rings. The highest BCUT2D eigenvalue weighted by atomic mass is 16.3. The Balaban J connectivity index is 1.52. The molecule has 0 radical (unpaired) electrons. The zero-order valence-electron chi connectivity index (χ0n) is 18.6. The van der Waals surface area contributed by atoms with E-state index in [1.165, 1.54) is 4.90 Å². The van der Waals surface area contributed by atoms with Gasteiger partial charge in [0.2, 0.25) is 17.8 Å². The van der Waals surface area contributed by atoms with Gasteiger partial charge in [0.05, 0.1) is 18.6 Å². The molecule has 2 amide bonds. The van der Waals surface area contributed by atoms with Gasteiger partial charge in [0.25, 0.3) is 0 Å². The van der Waals surface area contributed by atoms with Gasteiger partial charge in [-0.25, -0.2) is 4.98 Å². The lowest BCUT2D eigenvalue weighted by molar-refractivity contribution is -0.143. The van der Waals surface area contributed by atoms with Crippen LogP contribution in [0.4, 0.5) is 5.95 Å². The van der Waals surface area contributed by atoms with Gasteiger partial charge in [-0.2, -0.15) is 4.98 Å². The number of carbonyl (C=O) groups excluding carboxylic acids is 2. The van der Waals surface area contributed by atoms with Crippen LogP contribution >= 0.6 is 0 Å². The molecule has 0 atom stereocenters. The van der Waals surface area contributed by atoms with Crippen LogP contribution < -0.4 is 5.73 Å². The van der Waals surface area contributed by atoms with Crippen molar-refractivity contribution < 1.29 is 14.7 Å². The molecule has 2 aliphatic heterocycles. The number of nitrogens with two attached hydrogens (primary N) is 1. The van der Waals surface area contributed by atoms with Gasteiger partial charge >= 0.3 is 0 Å². The monoisotopic (exact) mass is 428 g/mol. The number of aliphatic hydroxyl groups excluding tert-OH is 1. The van der Waals surface area contributed by atoms with Crippen LogP contribution in [-0.4, -0.2) is 67.5 Å². The third kappa shape index (κ3) is 4.16. The summed E-state index contributed by atoms with van der Waals surface area (Å²) < 4.78 is 2.23. The number of anilines is 1. The summed E-state index contributed by atoms with van der Waals surface area (Å²) in [6, 6.07) is 2.12. The number of rotatable bonds is 5. The number of aliphatic hydroxyl groups is 1. The van der Waals surface area contributed by atoms with E-state index in [1.54, 1.807) is 6.20 Å². The minimum absolute atomic E-state index is 0.0686. The quantitative estimate of drug-likeness (QED) is 0.691. The molecule has 1 spiro atoms. The molecule has 0 saturated carbocycles. The number of hydrogen-bond acceptors (Lipinski definition) is 7. The van der Waals surface area contributed by atoms with E-state index in [4.69, 9.17) is 10.8 Å². The molecule has 0 bridgehead atoms. The Labute approximate surface area is 182 Å². The summed E-state index contributed by atoms with van der Waals surface area (Å²) in [6.07, 6.45) is 3.35. The van der Waals surface area contributed by atoms with Crippen LogP contribution in [0, 0.1) is 10.8 Å². The summed E-state index contributed by atoms with van der Waals surface area (Å²) in [5, 5.41) is 10.1. The molecule has 0 aromatic carbocycles. The number of nitrogens with zero attached hydrogens (tertiary/aromatic N) is 5. The van der Waals surface area contributed by atoms with Gasteiger partial charge in [-0.05, 0) is 37.4 Å². The molecule has 0 aliphatic carbocycles. The summed E-state index contributed by atoms with van der Waals surface area (Å²) in [7, 11) is 0. The van der Waals surface area contributed by atoms with Gasteiger partial charge in [0, 0.05) is 36.8 Å². The number of nitrogen functional groups attached to an aromatic ring is 1. The highest BCUT2D eigenvalue weighted by Crippen LogP contribution is 2.42. The number of imide groups is 1. The molecule has 2 aliphatic rings. The van der Waals surface area contributed by atoms with Gasteiger partial charge in [-0.3, -0.25) is 19.4 Å². The third-order valence-electron chi connectivity index (χ3n) is 6.38. The van der Waals surface area contributed by atoms with Crippen LogP contribution in [0.25, 0.3) is 11.0 Å². The predicted octanol–water partition coefficient (Wildman–Crippen LogP) is 1.39. The van der Waals surface area contributed by atoms with E-state index in [2.05, 4.69) is 46.3 Å². The number of carbonyl (C=O) groups is 2. The van der Waals surface area contributed by atoms with E-state index < -0.39 is 5.41 Å². The number of likely N-dealkylation sites (tertiary alicyclic amines) is 2. The molecule has 31 heavy (non-hydrogen) atoms. The Morgan fingerprint density at radius 2 is 1.94 bits per heavy atom. The van der Waals surface area contributed by atoms with Crippen LogP contribution in [0.5, 0.6) is 0 Å². The van der Waals surface area contributed by atoms with Gasteiger partial charge in [-0.15, -0.1) is 0 Å². The molecule has 2 fully saturated rings. The summed E-state index contributed by atoms with van der Waals surface area (Å²) in [6.45, 7) is 9.53.